The molecule has 0 bridgehead atoms. The number of carbonyl (C=O) groups excluding carboxylic acids is 1. The number of hydrogen-bond acceptors (Lipinski definition) is 8. The zero-order chi connectivity index (χ0) is 23.9. The van der Waals surface area contributed by atoms with Gasteiger partial charge < -0.3 is 14.4 Å². The lowest BCUT2D eigenvalue weighted by atomic mass is 10.1. The van der Waals surface area contributed by atoms with Gasteiger partial charge in [0.1, 0.15) is 11.3 Å². The number of benzene rings is 2. The highest BCUT2D eigenvalue weighted by atomic mass is 32.1. The second-order valence-corrected chi connectivity index (χ2v) is 9.08. The van der Waals surface area contributed by atoms with E-state index < -0.39 is 5.97 Å². The maximum Gasteiger partial charge on any atom is 0.340 e. The molecule has 9 heteroatoms. The van der Waals surface area contributed by atoms with Crippen LogP contribution in [0.25, 0.3) is 39.0 Å². The summed E-state index contributed by atoms with van der Waals surface area (Å²) in [5, 5.41) is 2.98. The van der Waals surface area contributed by atoms with Crippen LogP contribution in [-0.2, 0) is 9.47 Å². The number of morpholine rings is 1. The molecule has 0 amide bonds. The monoisotopic (exact) mass is 485 g/mol. The molecule has 4 heterocycles. The number of nitrogens with zero attached hydrogens (tertiary/aromatic N) is 5. The van der Waals surface area contributed by atoms with Gasteiger partial charge in [-0.1, -0.05) is 18.2 Å². The third kappa shape index (κ3) is 3.73. The molecular formula is C26H23N5O3S. The normalized spacial score (nSPS) is 14.1. The number of aromatic nitrogens is 4. The molecule has 0 radical (unpaired) electrons. The summed E-state index contributed by atoms with van der Waals surface area (Å²) in [5.41, 5.74) is 8.08. The molecule has 1 aliphatic rings. The predicted octanol–water partition coefficient (Wildman–Crippen LogP) is 4.63. The zero-order valence-electron chi connectivity index (χ0n) is 19.4. The third-order valence-corrected chi connectivity index (χ3v) is 6.91. The van der Waals surface area contributed by atoms with E-state index in [-0.39, 0.29) is 0 Å². The van der Waals surface area contributed by atoms with Crippen molar-refractivity contribution in [2.24, 2.45) is 0 Å². The summed E-state index contributed by atoms with van der Waals surface area (Å²) in [6.07, 6.45) is 0. The van der Waals surface area contributed by atoms with Crippen LogP contribution in [0.5, 0.6) is 0 Å². The fraction of sp³-hybridized carbons (Fsp3) is 0.231. The van der Waals surface area contributed by atoms with Gasteiger partial charge in [-0.05, 0) is 31.2 Å². The molecule has 176 valence electrons. The van der Waals surface area contributed by atoms with Gasteiger partial charge in [-0.15, -0.1) is 11.3 Å². The lowest BCUT2D eigenvalue weighted by molar-refractivity contribution is 0.0603. The number of imidazole rings is 1. The van der Waals surface area contributed by atoms with Gasteiger partial charge in [0, 0.05) is 29.5 Å². The van der Waals surface area contributed by atoms with E-state index in [9.17, 15) is 4.79 Å². The van der Waals surface area contributed by atoms with E-state index in [1.54, 1.807) is 5.51 Å². The minimum atomic E-state index is -0.405. The first-order chi connectivity index (χ1) is 17.1. The summed E-state index contributed by atoms with van der Waals surface area (Å²) >= 11 is 1.54. The third-order valence-electron chi connectivity index (χ3n) is 6.32. The van der Waals surface area contributed by atoms with Crippen LogP contribution in [-0.4, -0.2) is 58.9 Å². The Labute approximate surface area is 205 Å². The standard InChI is InChI=1S/C26H23N5O3S/c1-16-28-25-19(26(32)33-2)11-17(30-7-9-34-10-8-30)12-24(25)31(16)23-13-21(22-14-35-15-27-22)29-20-6-4-3-5-18(20)23/h3-6,11-15H,7-10H2,1-2H3. The summed E-state index contributed by atoms with van der Waals surface area (Å²) < 4.78 is 12.8. The largest absolute Gasteiger partial charge is 0.465 e. The Morgan fingerprint density at radius 3 is 2.69 bits per heavy atom. The van der Waals surface area contributed by atoms with Crippen LogP contribution in [0.2, 0.25) is 0 Å². The molecule has 0 atom stereocenters. The predicted molar refractivity (Wildman–Crippen MR) is 137 cm³/mol. The molecule has 0 unspecified atom stereocenters. The highest BCUT2D eigenvalue weighted by Crippen LogP contribution is 2.34. The summed E-state index contributed by atoms with van der Waals surface area (Å²) in [4.78, 5) is 29.2. The number of esters is 1. The highest BCUT2D eigenvalue weighted by molar-refractivity contribution is 7.07. The van der Waals surface area contributed by atoms with Crippen LogP contribution in [0.15, 0.2) is 53.4 Å². The number of carbonyl (C=O) groups is 1. The van der Waals surface area contributed by atoms with Gasteiger partial charge in [0.15, 0.2) is 0 Å². The summed E-state index contributed by atoms with van der Waals surface area (Å²) in [5.74, 6) is 0.363. The molecule has 1 aliphatic heterocycles. The van der Waals surface area contributed by atoms with Crippen LogP contribution in [0.4, 0.5) is 5.69 Å². The van der Waals surface area contributed by atoms with Crippen molar-refractivity contribution in [3.63, 3.8) is 0 Å². The van der Waals surface area contributed by atoms with Gasteiger partial charge in [-0.2, -0.15) is 0 Å². The molecule has 0 spiro atoms. The molecule has 1 fully saturated rings. The smallest absolute Gasteiger partial charge is 0.340 e. The molecule has 8 nitrogen and oxygen atoms in total. The van der Waals surface area contributed by atoms with Crippen molar-refractivity contribution in [2.75, 3.05) is 38.3 Å². The zero-order valence-corrected chi connectivity index (χ0v) is 20.2. The van der Waals surface area contributed by atoms with E-state index in [1.807, 2.05) is 42.6 Å². The number of thiazole rings is 1. The van der Waals surface area contributed by atoms with Gasteiger partial charge in [-0.25, -0.2) is 19.7 Å². The molecule has 0 aliphatic carbocycles. The number of para-hydroxylation sites is 1. The first-order valence-corrected chi connectivity index (χ1v) is 12.3. The van der Waals surface area contributed by atoms with Gasteiger partial charge in [0.05, 0.1) is 59.5 Å². The van der Waals surface area contributed by atoms with Crippen LogP contribution in [0.1, 0.15) is 16.2 Å². The summed E-state index contributed by atoms with van der Waals surface area (Å²) in [6, 6.07) is 14.1. The van der Waals surface area contributed by atoms with Crippen LogP contribution in [0, 0.1) is 6.92 Å². The molecule has 2 aromatic carbocycles. The van der Waals surface area contributed by atoms with Crippen LogP contribution in [0.3, 0.4) is 0 Å². The van der Waals surface area contributed by atoms with Gasteiger partial charge in [0.2, 0.25) is 0 Å². The first kappa shape index (κ1) is 21.7. The fourth-order valence-corrected chi connectivity index (χ4v) is 5.21. The minimum absolute atomic E-state index is 0.405. The number of pyridine rings is 1. The molecule has 3 aromatic heterocycles. The number of ether oxygens (including phenoxy) is 2. The van der Waals surface area contributed by atoms with Gasteiger partial charge in [-0.3, -0.25) is 4.57 Å². The average Bonchev–Trinajstić information content (AvgIpc) is 3.55. The Balaban J connectivity index is 1.65. The lowest BCUT2D eigenvalue weighted by Gasteiger charge is -2.29. The second-order valence-electron chi connectivity index (χ2n) is 8.36. The maximum atomic E-state index is 12.8. The minimum Gasteiger partial charge on any atom is -0.465 e. The first-order valence-electron chi connectivity index (χ1n) is 11.4. The van der Waals surface area contributed by atoms with Crippen molar-refractivity contribution in [3.8, 4) is 17.1 Å². The Kier molecular flexibility index (Phi) is 5.43. The quantitative estimate of drug-likeness (QED) is 0.343. The number of anilines is 1. The van der Waals surface area contributed by atoms with E-state index in [2.05, 4.69) is 26.6 Å². The van der Waals surface area contributed by atoms with E-state index >= 15 is 0 Å². The summed E-state index contributed by atoms with van der Waals surface area (Å²) in [7, 11) is 1.40. The van der Waals surface area contributed by atoms with Crippen LogP contribution >= 0.6 is 11.3 Å². The summed E-state index contributed by atoms with van der Waals surface area (Å²) in [6.45, 7) is 4.76. The molecule has 35 heavy (non-hydrogen) atoms. The van der Waals surface area contributed by atoms with Crippen molar-refractivity contribution >= 4 is 44.9 Å². The molecule has 1 saturated heterocycles. The van der Waals surface area contributed by atoms with Gasteiger partial charge in [0.25, 0.3) is 0 Å². The molecule has 6 rings (SSSR count). The number of aryl methyl sites for hydroxylation is 1. The number of methoxy groups -OCH3 is 1. The number of hydrogen-bond donors (Lipinski definition) is 0. The molecule has 5 aromatic rings. The number of rotatable bonds is 4. The van der Waals surface area contributed by atoms with E-state index in [0.717, 1.165) is 58.1 Å². The molecular weight excluding hydrogens is 462 g/mol. The van der Waals surface area contributed by atoms with Crippen molar-refractivity contribution < 1.29 is 14.3 Å². The van der Waals surface area contributed by atoms with E-state index in [0.29, 0.717) is 24.3 Å². The van der Waals surface area contributed by atoms with Crippen molar-refractivity contribution in [1.82, 2.24) is 19.5 Å². The van der Waals surface area contributed by atoms with Crippen molar-refractivity contribution in [2.45, 2.75) is 6.92 Å². The fourth-order valence-electron chi connectivity index (χ4n) is 4.66. The Morgan fingerprint density at radius 2 is 1.91 bits per heavy atom. The Bertz CT molecular complexity index is 1550. The molecule has 0 N–H and O–H groups in total. The van der Waals surface area contributed by atoms with Crippen molar-refractivity contribution in [1.29, 1.82) is 0 Å². The average molecular weight is 486 g/mol. The maximum absolute atomic E-state index is 12.8. The lowest BCUT2D eigenvalue weighted by Crippen LogP contribution is -2.36. The number of fused-ring (bicyclic) bond motifs is 2. The van der Waals surface area contributed by atoms with Crippen molar-refractivity contribution in [3.05, 3.63) is 64.7 Å². The van der Waals surface area contributed by atoms with E-state index in [4.69, 9.17) is 19.4 Å². The highest BCUT2D eigenvalue weighted by Gasteiger charge is 2.23. The van der Waals surface area contributed by atoms with Crippen LogP contribution < -0.4 is 4.90 Å². The second kappa shape index (κ2) is 8.75. The topological polar surface area (TPSA) is 82.4 Å². The Hall–Kier alpha value is -3.82. The molecule has 0 saturated carbocycles. The SMILES string of the molecule is COC(=O)c1cc(N2CCOCC2)cc2c1nc(C)n2-c1cc(-c2cscn2)nc2ccccc12. The van der Waals surface area contributed by atoms with E-state index in [1.165, 1.54) is 18.4 Å². The van der Waals surface area contributed by atoms with Gasteiger partial charge >= 0.3 is 5.97 Å². The Morgan fingerprint density at radius 1 is 1.09 bits per heavy atom.